The SMILES string of the molecule is C/C=C/c1ccccc1Oc1cc(C)ncc1C(=O)O. The Morgan fingerprint density at radius 1 is 1.30 bits per heavy atom. The molecule has 0 amide bonds. The standard InChI is InChI=1S/C16H15NO3/c1-3-6-12-7-4-5-8-14(12)20-15-9-11(2)17-10-13(15)16(18)19/h3-10H,1-2H3,(H,18,19)/b6-3+. The second-order valence-corrected chi connectivity index (χ2v) is 4.27. The summed E-state index contributed by atoms with van der Waals surface area (Å²) in [4.78, 5) is 15.2. The van der Waals surface area contributed by atoms with Gasteiger partial charge >= 0.3 is 5.97 Å². The summed E-state index contributed by atoms with van der Waals surface area (Å²) >= 11 is 0. The van der Waals surface area contributed by atoms with E-state index < -0.39 is 5.97 Å². The number of carboxylic acid groups (broad SMARTS) is 1. The van der Waals surface area contributed by atoms with Crippen molar-refractivity contribution < 1.29 is 14.6 Å². The molecule has 0 aliphatic carbocycles. The van der Waals surface area contributed by atoms with Gasteiger partial charge in [-0.25, -0.2) is 4.79 Å². The maximum absolute atomic E-state index is 11.2. The number of aryl methyl sites for hydroxylation is 1. The minimum Gasteiger partial charge on any atom is -0.477 e. The fourth-order valence-corrected chi connectivity index (χ4v) is 1.79. The molecular weight excluding hydrogens is 254 g/mol. The van der Waals surface area contributed by atoms with Crippen molar-refractivity contribution in [1.82, 2.24) is 4.98 Å². The summed E-state index contributed by atoms with van der Waals surface area (Å²) in [6.45, 7) is 3.70. The number of ether oxygens (including phenoxy) is 1. The molecule has 0 saturated carbocycles. The molecule has 1 N–H and O–H groups in total. The van der Waals surface area contributed by atoms with E-state index in [9.17, 15) is 9.90 Å². The van der Waals surface area contributed by atoms with Gasteiger partial charge in [-0.2, -0.15) is 0 Å². The normalized spacial score (nSPS) is 10.7. The van der Waals surface area contributed by atoms with E-state index in [2.05, 4.69) is 4.98 Å². The van der Waals surface area contributed by atoms with E-state index in [0.717, 1.165) is 5.56 Å². The minimum absolute atomic E-state index is 0.0471. The first-order valence-electron chi connectivity index (χ1n) is 6.21. The Balaban J connectivity index is 2.44. The average molecular weight is 269 g/mol. The van der Waals surface area contributed by atoms with Crippen LogP contribution in [0.25, 0.3) is 6.08 Å². The highest BCUT2D eigenvalue weighted by Gasteiger charge is 2.14. The Bertz CT molecular complexity index is 663. The lowest BCUT2D eigenvalue weighted by Crippen LogP contribution is -2.02. The summed E-state index contributed by atoms with van der Waals surface area (Å²) in [6, 6.07) is 9.07. The van der Waals surface area contributed by atoms with E-state index in [-0.39, 0.29) is 5.56 Å². The highest BCUT2D eigenvalue weighted by atomic mass is 16.5. The molecule has 0 aliphatic rings. The van der Waals surface area contributed by atoms with Gasteiger partial charge in [-0.1, -0.05) is 30.4 Å². The van der Waals surface area contributed by atoms with Crippen molar-refractivity contribution in [3.05, 3.63) is 59.4 Å². The van der Waals surface area contributed by atoms with Crippen molar-refractivity contribution in [2.75, 3.05) is 0 Å². The van der Waals surface area contributed by atoms with E-state index >= 15 is 0 Å². The van der Waals surface area contributed by atoms with Crippen LogP contribution in [0, 0.1) is 6.92 Å². The molecule has 1 aromatic carbocycles. The summed E-state index contributed by atoms with van der Waals surface area (Å²) < 4.78 is 5.76. The van der Waals surface area contributed by atoms with Crippen LogP contribution in [0.1, 0.15) is 28.5 Å². The molecule has 0 bridgehead atoms. The number of benzene rings is 1. The van der Waals surface area contributed by atoms with E-state index in [1.807, 2.05) is 37.3 Å². The average Bonchev–Trinajstić information content (AvgIpc) is 2.41. The predicted molar refractivity (Wildman–Crippen MR) is 77.2 cm³/mol. The van der Waals surface area contributed by atoms with Crippen LogP contribution in [0.2, 0.25) is 0 Å². The third-order valence-electron chi connectivity index (χ3n) is 2.72. The molecule has 0 atom stereocenters. The molecule has 1 aromatic heterocycles. The lowest BCUT2D eigenvalue weighted by atomic mass is 10.2. The topological polar surface area (TPSA) is 59.4 Å². The maximum Gasteiger partial charge on any atom is 0.341 e. The van der Waals surface area contributed by atoms with E-state index in [4.69, 9.17) is 4.74 Å². The number of rotatable bonds is 4. The summed E-state index contributed by atoms with van der Waals surface area (Å²) in [6.07, 6.45) is 5.12. The Kier molecular flexibility index (Phi) is 4.15. The number of nitrogens with zero attached hydrogens (tertiary/aromatic N) is 1. The molecule has 0 saturated heterocycles. The van der Waals surface area contributed by atoms with Gasteiger partial charge in [-0.15, -0.1) is 0 Å². The molecule has 20 heavy (non-hydrogen) atoms. The highest BCUT2D eigenvalue weighted by Crippen LogP contribution is 2.29. The Labute approximate surface area is 117 Å². The number of allylic oxidation sites excluding steroid dienone is 1. The predicted octanol–water partition coefficient (Wildman–Crippen LogP) is 3.91. The number of carboxylic acids is 1. The fraction of sp³-hybridized carbons (Fsp3) is 0.125. The van der Waals surface area contributed by atoms with Crippen molar-refractivity contribution >= 4 is 12.0 Å². The summed E-state index contributed by atoms with van der Waals surface area (Å²) in [5, 5.41) is 9.17. The van der Waals surface area contributed by atoms with Gasteiger partial charge in [0, 0.05) is 23.5 Å². The van der Waals surface area contributed by atoms with Crippen LogP contribution in [0.5, 0.6) is 11.5 Å². The molecule has 102 valence electrons. The smallest absolute Gasteiger partial charge is 0.341 e. The van der Waals surface area contributed by atoms with Crippen LogP contribution < -0.4 is 4.74 Å². The third-order valence-corrected chi connectivity index (χ3v) is 2.72. The maximum atomic E-state index is 11.2. The monoisotopic (exact) mass is 269 g/mol. The van der Waals surface area contributed by atoms with Gasteiger partial charge in [0.2, 0.25) is 0 Å². The van der Waals surface area contributed by atoms with Crippen molar-refractivity contribution in [3.63, 3.8) is 0 Å². The number of hydrogen-bond donors (Lipinski definition) is 1. The van der Waals surface area contributed by atoms with Gasteiger partial charge in [0.15, 0.2) is 0 Å². The molecule has 0 fully saturated rings. The van der Waals surface area contributed by atoms with Gasteiger partial charge in [-0.3, -0.25) is 4.98 Å². The van der Waals surface area contributed by atoms with Crippen LogP contribution in [0.15, 0.2) is 42.6 Å². The molecule has 4 heteroatoms. The number of aromatic nitrogens is 1. The molecule has 4 nitrogen and oxygen atoms in total. The lowest BCUT2D eigenvalue weighted by Gasteiger charge is -2.11. The second kappa shape index (κ2) is 6.02. The Hall–Kier alpha value is -2.62. The van der Waals surface area contributed by atoms with Crippen LogP contribution in [-0.2, 0) is 0 Å². The molecule has 0 radical (unpaired) electrons. The lowest BCUT2D eigenvalue weighted by molar-refractivity contribution is 0.0693. The zero-order valence-electron chi connectivity index (χ0n) is 11.3. The molecule has 2 aromatic rings. The first-order chi connectivity index (χ1) is 9.61. The number of pyridine rings is 1. The Morgan fingerprint density at radius 3 is 2.75 bits per heavy atom. The number of aromatic carboxylic acids is 1. The number of carbonyl (C=O) groups is 1. The molecular formula is C16H15NO3. The van der Waals surface area contributed by atoms with Crippen LogP contribution in [0.3, 0.4) is 0 Å². The summed E-state index contributed by atoms with van der Waals surface area (Å²) in [5.74, 6) is -0.156. The van der Waals surface area contributed by atoms with Crippen molar-refractivity contribution in [3.8, 4) is 11.5 Å². The van der Waals surface area contributed by atoms with Crippen LogP contribution in [0.4, 0.5) is 0 Å². The van der Waals surface area contributed by atoms with Gasteiger partial charge in [0.25, 0.3) is 0 Å². The summed E-state index contributed by atoms with van der Waals surface area (Å²) in [5.41, 5.74) is 1.64. The van der Waals surface area contributed by atoms with Crippen molar-refractivity contribution in [1.29, 1.82) is 0 Å². The van der Waals surface area contributed by atoms with Gasteiger partial charge in [-0.05, 0) is 19.9 Å². The molecule has 2 rings (SSSR count). The van der Waals surface area contributed by atoms with Crippen molar-refractivity contribution in [2.24, 2.45) is 0 Å². The minimum atomic E-state index is -1.06. The molecule has 0 spiro atoms. The number of hydrogen-bond acceptors (Lipinski definition) is 3. The first-order valence-corrected chi connectivity index (χ1v) is 6.21. The van der Waals surface area contributed by atoms with Crippen LogP contribution in [-0.4, -0.2) is 16.1 Å². The largest absolute Gasteiger partial charge is 0.477 e. The van der Waals surface area contributed by atoms with Gasteiger partial charge < -0.3 is 9.84 Å². The van der Waals surface area contributed by atoms with Crippen molar-refractivity contribution in [2.45, 2.75) is 13.8 Å². The highest BCUT2D eigenvalue weighted by molar-refractivity contribution is 5.90. The Morgan fingerprint density at radius 2 is 2.05 bits per heavy atom. The third kappa shape index (κ3) is 3.03. The van der Waals surface area contributed by atoms with E-state index in [1.54, 1.807) is 19.1 Å². The van der Waals surface area contributed by atoms with Gasteiger partial charge in [0.1, 0.15) is 17.1 Å². The van der Waals surface area contributed by atoms with E-state index in [1.165, 1.54) is 6.20 Å². The van der Waals surface area contributed by atoms with Crippen LogP contribution >= 0.6 is 0 Å². The second-order valence-electron chi connectivity index (χ2n) is 4.27. The van der Waals surface area contributed by atoms with Gasteiger partial charge in [0.05, 0.1) is 0 Å². The quantitative estimate of drug-likeness (QED) is 0.914. The zero-order chi connectivity index (χ0) is 14.5. The van der Waals surface area contributed by atoms with E-state index in [0.29, 0.717) is 17.2 Å². The summed E-state index contributed by atoms with van der Waals surface area (Å²) in [7, 11) is 0. The number of para-hydroxylation sites is 1. The molecule has 0 aliphatic heterocycles. The molecule has 1 heterocycles. The fourth-order valence-electron chi connectivity index (χ4n) is 1.79. The zero-order valence-corrected chi connectivity index (χ0v) is 11.3. The first kappa shape index (κ1) is 13.8. The molecule has 0 unspecified atom stereocenters.